The number of nitrogens with zero attached hydrogens (tertiary/aromatic N) is 1. The van der Waals surface area contributed by atoms with Crippen molar-refractivity contribution >= 4 is 22.4 Å². The van der Waals surface area contributed by atoms with E-state index in [1.807, 2.05) is 18.2 Å². The summed E-state index contributed by atoms with van der Waals surface area (Å²) >= 11 is 6.66. The Bertz CT molecular complexity index is 908. The number of halogens is 1. The molecular weight excluding hydrogens is 436 g/mol. The van der Waals surface area contributed by atoms with E-state index in [9.17, 15) is 0 Å². The third-order valence-corrected chi connectivity index (χ3v) is 8.18. The number of hydrogen-bond donors (Lipinski definition) is 1. The van der Waals surface area contributed by atoms with Gasteiger partial charge < -0.3 is 19.9 Å². The van der Waals surface area contributed by atoms with Crippen LogP contribution < -0.4 is 15.2 Å². The summed E-state index contributed by atoms with van der Waals surface area (Å²) in [5.74, 6) is 2.05. The van der Waals surface area contributed by atoms with Crippen LogP contribution in [0.5, 0.6) is 11.6 Å². The van der Waals surface area contributed by atoms with Gasteiger partial charge in [0.05, 0.1) is 17.7 Å². The Labute approximate surface area is 203 Å². The molecule has 0 radical (unpaired) electrons. The lowest BCUT2D eigenvalue weighted by atomic mass is 9.59. The van der Waals surface area contributed by atoms with Crippen LogP contribution in [-0.4, -0.2) is 37.0 Å². The van der Waals surface area contributed by atoms with Crippen molar-refractivity contribution in [3.8, 4) is 11.6 Å². The summed E-state index contributed by atoms with van der Waals surface area (Å²) in [5.41, 5.74) is 6.95. The minimum absolute atomic E-state index is 0.166. The molecule has 5 nitrogen and oxygen atoms in total. The number of hydrogen-bond acceptors (Lipinski definition) is 5. The molecule has 6 heteroatoms. The van der Waals surface area contributed by atoms with Crippen LogP contribution in [0.15, 0.2) is 24.4 Å². The molecule has 1 unspecified atom stereocenters. The summed E-state index contributed by atoms with van der Waals surface area (Å²) in [5, 5.41) is 2.58. The Hall–Kier alpha value is -1.56. The molecule has 182 valence electrons. The van der Waals surface area contributed by atoms with E-state index in [1.54, 1.807) is 6.20 Å². The topological polar surface area (TPSA) is 66.6 Å². The van der Waals surface area contributed by atoms with Gasteiger partial charge in [-0.25, -0.2) is 4.98 Å². The fourth-order valence-corrected chi connectivity index (χ4v) is 6.06. The zero-order valence-electron chi connectivity index (χ0n) is 20.2. The SMILES string of the molecule is CCCCOc1nccc2cc(O[C@H]3CC[C@](C(N)CC)(C4CCOCC4)CC3)c(Cl)cc12. The van der Waals surface area contributed by atoms with Gasteiger partial charge in [0, 0.05) is 30.8 Å². The van der Waals surface area contributed by atoms with Gasteiger partial charge in [0.1, 0.15) is 5.75 Å². The predicted octanol–water partition coefficient (Wildman–Crippen LogP) is 6.54. The standard InChI is InChI=1S/C27H39ClN2O3/c1-3-5-14-32-26-22-18-23(28)24(17-19(22)8-13-30-26)33-21-6-11-27(12-7-21,25(29)4-2)20-9-15-31-16-10-20/h8,13,17-18,20-21,25H,3-7,9-12,14-16,29H2,1-2H3/t21-,25?,27+. The molecule has 2 aromatic rings. The second-order valence-corrected chi connectivity index (χ2v) is 10.2. The van der Waals surface area contributed by atoms with Gasteiger partial charge >= 0.3 is 0 Å². The zero-order valence-corrected chi connectivity index (χ0v) is 20.9. The van der Waals surface area contributed by atoms with Gasteiger partial charge in [0.25, 0.3) is 0 Å². The number of nitrogens with two attached hydrogens (primary N) is 1. The molecule has 0 bridgehead atoms. The van der Waals surface area contributed by atoms with Gasteiger partial charge in [-0.1, -0.05) is 31.9 Å². The molecule has 1 atom stereocenters. The summed E-state index contributed by atoms with van der Waals surface area (Å²) in [6.45, 7) is 6.77. The van der Waals surface area contributed by atoms with Crippen LogP contribution in [0, 0.1) is 11.3 Å². The van der Waals surface area contributed by atoms with E-state index in [-0.39, 0.29) is 17.6 Å². The summed E-state index contributed by atoms with van der Waals surface area (Å²) in [6.07, 6.45) is 11.6. The molecule has 2 N–H and O–H groups in total. The second-order valence-electron chi connectivity index (χ2n) is 9.77. The quantitative estimate of drug-likeness (QED) is 0.418. The van der Waals surface area contributed by atoms with Crippen molar-refractivity contribution in [2.24, 2.45) is 17.1 Å². The molecular formula is C27H39ClN2O3. The second kappa shape index (κ2) is 11.2. The molecule has 0 spiro atoms. The maximum atomic E-state index is 6.74. The first kappa shape index (κ1) is 24.6. The maximum absolute atomic E-state index is 6.74. The van der Waals surface area contributed by atoms with Crippen molar-refractivity contribution in [2.45, 2.75) is 83.8 Å². The minimum atomic E-state index is 0.166. The predicted molar refractivity (Wildman–Crippen MR) is 134 cm³/mol. The Kier molecular flexibility index (Phi) is 8.37. The summed E-state index contributed by atoms with van der Waals surface area (Å²) in [7, 11) is 0. The number of unbranched alkanes of at least 4 members (excludes halogenated alkanes) is 1. The summed E-state index contributed by atoms with van der Waals surface area (Å²) in [4.78, 5) is 4.41. The number of aromatic nitrogens is 1. The monoisotopic (exact) mass is 474 g/mol. The molecule has 1 aromatic heterocycles. The van der Waals surface area contributed by atoms with Gasteiger partial charge in [0.2, 0.25) is 5.88 Å². The van der Waals surface area contributed by atoms with E-state index >= 15 is 0 Å². The molecule has 4 rings (SSSR count). The third kappa shape index (κ3) is 5.41. The molecule has 1 aliphatic heterocycles. The van der Waals surface area contributed by atoms with E-state index in [2.05, 4.69) is 18.8 Å². The summed E-state index contributed by atoms with van der Waals surface area (Å²) in [6, 6.07) is 6.19. The van der Waals surface area contributed by atoms with E-state index in [4.69, 9.17) is 31.5 Å². The van der Waals surface area contributed by atoms with Crippen LogP contribution in [0.2, 0.25) is 5.02 Å². The third-order valence-electron chi connectivity index (χ3n) is 7.89. The normalized spacial score (nSPS) is 25.2. The summed E-state index contributed by atoms with van der Waals surface area (Å²) < 4.78 is 18.0. The molecule has 1 aliphatic carbocycles. The molecule has 2 heterocycles. The number of ether oxygens (including phenoxy) is 3. The number of rotatable bonds is 9. The molecule has 0 amide bonds. The lowest BCUT2D eigenvalue weighted by Crippen LogP contribution is -2.51. The average Bonchev–Trinajstić information content (AvgIpc) is 2.85. The van der Waals surface area contributed by atoms with E-state index in [0.29, 0.717) is 23.4 Å². The number of benzene rings is 1. The molecule has 1 saturated carbocycles. The fourth-order valence-electron chi connectivity index (χ4n) is 5.85. The van der Waals surface area contributed by atoms with E-state index in [0.717, 1.165) is 87.5 Å². The van der Waals surface area contributed by atoms with Crippen molar-refractivity contribution in [1.82, 2.24) is 4.98 Å². The van der Waals surface area contributed by atoms with Crippen molar-refractivity contribution in [2.75, 3.05) is 19.8 Å². The highest BCUT2D eigenvalue weighted by Crippen LogP contribution is 2.50. The van der Waals surface area contributed by atoms with Crippen LogP contribution in [0.4, 0.5) is 0 Å². The molecule has 1 aromatic carbocycles. The molecule has 2 fully saturated rings. The van der Waals surface area contributed by atoms with Crippen LogP contribution in [0.25, 0.3) is 10.8 Å². The Morgan fingerprint density at radius 3 is 2.64 bits per heavy atom. The van der Waals surface area contributed by atoms with Gasteiger partial charge in [0.15, 0.2) is 0 Å². The average molecular weight is 475 g/mol. The Morgan fingerprint density at radius 2 is 1.94 bits per heavy atom. The van der Waals surface area contributed by atoms with Gasteiger partial charge in [-0.05, 0) is 86.3 Å². The lowest BCUT2D eigenvalue weighted by Gasteiger charge is -2.50. The first-order valence-corrected chi connectivity index (χ1v) is 13.2. The first-order valence-electron chi connectivity index (χ1n) is 12.8. The van der Waals surface area contributed by atoms with E-state index in [1.165, 1.54) is 0 Å². The van der Waals surface area contributed by atoms with Crippen LogP contribution in [-0.2, 0) is 4.74 Å². The van der Waals surface area contributed by atoms with Crippen LogP contribution >= 0.6 is 11.6 Å². The fraction of sp³-hybridized carbons (Fsp3) is 0.667. The molecule has 1 saturated heterocycles. The van der Waals surface area contributed by atoms with Crippen molar-refractivity contribution in [1.29, 1.82) is 0 Å². The van der Waals surface area contributed by atoms with Crippen molar-refractivity contribution < 1.29 is 14.2 Å². The number of fused-ring (bicyclic) bond motifs is 1. The Balaban J connectivity index is 1.46. The Morgan fingerprint density at radius 1 is 1.18 bits per heavy atom. The minimum Gasteiger partial charge on any atom is -0.489 e. The lowest BCUT2D eigenvalue weighted by molar-refractivity contribution is -0.0398. The smallest absolute Gasteiger partial charge is 0.221 e. The zero-order chi connectivity index (χ0) is 23.3. The van der Waals surface area contributed by atoms with Crippen molar-refractivity contribution in [3.05, 3.63) is 29.4 Å². The van der Waals surface area contributed by atoms with Gasteiger partial charge in [-0.2, -0.15) is 0 Å². The van der Waals surface area contributed by atoms with Gasteiger partial charge in [-0.15, -0.1) is 0 Å². The number of pyridine rings is 1. The van der Waals surface area contributed by atoms with Crippen molar-refractivity contribution in [3.63, 3.8) is 0 Å². The van der Waals surface area contributed by atoms with E-state index < -0.39 is 0 Å². The molecule has 33 heavy (non-hydrogen) atoms. The first-order chi connectivity index (χ1) is 16.1. The van der Waals surface area contributed by atoms with Gasteiger partial charge in [-0.3, -0.25) is 0 Å². The highest BCUT2D eigenvalue weighted by atomic mass is 35.5. The highest BCUT2D eigenvalue weighted by molar-refractivity contribution is 6.33. The maximum Gasteiger partial charge on any atom is 0.221 e. The van der Waals surface area contributed by atoms with Crippen LogP contribution in [0.1, 0.15) is 71.6 Å². The molecule has 2 aliphatic rings. The highest BCUT2D eigenvalue weighted by Gasteiger charge is 2.46. The largest absolute Gasteiger partial charge is 0.489 e. The van der Waals surface area contributed by atoms with Crippen LogP contribution in [0.3, 0.4) is 0 Å².